The minimum atomic E-state index is -1.87. The highest BCUT2D eigenvalue weighted by molar-refractivity contribution is 5.87. The average molecular weight is 380 g/mol. The zero-order valence-corrected chi connectivity index (χ0v) is 16.4. The molecule has 0 aromatic rings. The van der Waals surface area contributed by atoms with Gasteiger partial charge in [-0.2, -0.15) is 0 Å². The molecule has 8 atom stereocenters. The predicted octanol–water partition coefficient (Wildman–Crippen LogP) is 0.831. The summed E-state index contributed by atoms with van der Waals surface area (Å²) in [6.45, 7) is 4.87. The molecule has 4 aliphatic rings. The van der Waals surface area contributed by atoms with Crippen molar-refractivity contribution in [1.29, 1.82) is 0 Å². The van der Waals surface area contributed by atoms with Crippen LogP contribution in [0.3, 0.4) is 0 Å². The molecule has 0 heterocycles. The standard InChI is InChI=1S/C21H32O6/c1-12(22)19(25)8-9-21(27)18(19,3)16(24)11-15-17(2)6-5-14(23)10-13(17)4-7-20(15,21)26/h4,14-16,23-27H,5-11H2,1-3H3. The molecule has 0 amide bonds. The molecule has 0 aromatic heterocycles. The molecular weight excluding hydrogens is 348 g/mol. The van der Waals surface area contributed by atoms with Gasteiger partial charge in [0, 0.05) is 5.92 Å². The summed E-state index contributed by atoms with van der Waals surface area (Å²) in [6.07, 6.45) is 2.73. The van der Waals surface area contributed by atoms with Gasteiger partial charge < -0.3 is 25.5 Å². The summed E-state index contributed by atoms with van der Waals surface area (Å²) in [5.74, 6) is -0.888. The minimum absolute atomic E-state index is 0.0213. The molecule has 152 valence electrons. The van der Waals surface area contributed by atoms with Crippen molar-refractivity contribution in [2.45, 2.75) is 94.7 Å². The lowest BCUT2D eigenvalue weighted by molar-refractivity contribution is -0.312. The number of fused-ring (bicyclic) bond motifs is 5. The Labute approximate surface area is 159 Å². The zero-order chi connectivity index (χ0) is 20.0. The fraction of sp³-hybridized carbons (Fsp3) is 0.857. The molecule has 6 heteroatoms. The molecule has 0 aliphatic heterocycles. The third kappa shape index (κ3) is 1.96. The lowest BCUT2D eigenvalue weighted by atomic mass is 9.42. The summed E-state index contributed by atoms with van der Waals surface area (Å²) in [5.41, 5.74) is -6.07. The van der Waals surface area contributed by atoms with Gasteiger partial charge in [-0.25, -0.2) is 0 Å². The van der Waals surface area contributed by atoms with Crippen LogP contribution in [0.5, 0.6) is 0 Å². The Kier molecular flexibility index (Phi) is 3.92. The van der Waals surface area contributed by atoms with Crippen LogP contribution in [-0.4, -0.2) is 60.3 Å². The molecule has 0 spiro atoms. The molecule has 3 fully saturated rings. The monoisotopic (exact) mass is 380 g/mol. The van der Waals surface area contributed by atoms with Crippen molar-refractivity contribution in [2.24, 2.45) is 16.7 Å². The summed E-state index contributed by atoms with van der Waals surface area (Å²) < 4.78 is 0. The largest absolute Gasteiger partial charge is 0.393 e. The second-order valence-corrected chi connectivity index (χ2v) is 9.96. The van der Waals surface area contributed by atoms with Crippen LogP contribution in [0.4, 0.5) is 0 Å². The molecule has 5 N–H and O–H groups in total. The fourth-order valence-corrected chi connectivity index (χ4v) is 7.23. The number of aliphatic hydroxyl groups excluding tert-OH is 2. The number of aliphatic hydroxyl groups is 5. The summed E-state index contributed by atoms with van der Waals surface area (Å²) in [6, 6.07) is 0. The van der Waals surface area contributed by atoms with Crippen LogP contribution in [-0.2, 0) is 4.79 Å². The third-order valence-corrected chi connectivity index (χ3v) is 9.18. The number of Topliss-reactive ketones (excluding diaryl/α,β-unsaturated/α-hetero) is 1. The van der Waals surface area contributed by atoms with Gasteiger partial charge in [0.25, 0.3) is 0 Å². The van der Waals surface area contributed by atoms with Crippen LogP contribution < -0.4 is 0 Å². The number of rotatable bonds is 1. The van der Waals surface area contributed by atoms with Crippen molar-refractivity contribution in [3.05, 3.63) is 11.6 Å². The lowest BCUT2D eigenvalue weighted by Gasteiger charge is -2.66. The van der Waals surface area contributed by atoms with E-state index >= 15 is 0 Å². The maximum atomic E-state index is 12.3. The van der Waals surface area contributed by atoms with E-state index in [0.717, 1.165) is 5.57 Å². The first-order chi connectivity index (χ1) is 12.4. The summed E-state index contributed by atoms with van der Waals surface area (Å²) in [5, 5.41) is 56.1. The van der Waals surface area contributed by atoms with Gasteiger partial charge in [0.05, 0.1) is 17.6 Å². The Morgan fingerprint density at radius 3 is 2.41 bits per heavy atom. The number of carbonyl (C=O) groups is 1. The normalized spacial score (nSPS) is 57.3. The second-order valence-electron chi connectivity index (χ2n) is 9.96. The molecule has 8 unspecified atom stereocenters. The Bertz CT molecular complexity index is 719. The summed E-state index contributed by atoms with van der Waals surface area (Å²) in [7, 11) is 0. The van der Waals surface area contributed by atoms with E-state index < -0.39 is 51.5 Å². The number of ketones is 1. The SMILES string of the molecule is CC(=O)C1(O)CCC2(O)C3(O)CC=C4CC(O)CCC4(C)C3CC(O)C12C. The van der Waals surface area contributed by atoms with Crippen LogP contribution in [0.2, 0.25) is 0 Å². The van der Waals surface area contributed by atoms with E-state index in [1.165, 1.54) is 6.92 Å². The maximum Gasteiger partial charge on any atom is 0.162 e. The molecule has 27 heavy (non-hydrogen) atoms. The van der Waals surface area contributed by atoms with Gasteiger partial charge in [0.1, 0.15) is 16.8 Å². The Hall–Kier alpha value is -0.790. The second kappa shape index (κ2) is 5.42. The van der Waals surface area contributed by atoms with E-state index in [0.29, 0.717) is 19.3 Å². The van der Waals surface area contributed by atoms with E-state index in [2.05, 4.69) is 0 Å². The molecule has 4 aliphatic carbocycles. The van der Waals surface area contributed by atoms with Crippen molar-refractivity contribution in [1.82, 2.24) is 0 Å². The first-order valence-corrected chi connectivity index (χ1v) is 10.1. The third-order valence-electron chi connectivity index (χ3n) is 9.18. The van der Waals surface area contributed by atoms with Gasteiger partial charge in [-0.05, 0) is 57.3 Å². The number of carbonyl (C=O) groups excluding carboxylic acids is 1. The summed E-state index contributed by atoms with van der Waals surface area (Å²) >= 11 is 0. The highest BCUT2D eigenvalue weighted by Crippen LogP contribution is 2.70. The maximum absolute atomic E-state index is 12.3. The van der Waals surface area contributed by atoms with E-state index in [1.54, 1.807) is 6.92 Å². The Balaban J connectivity index is 1.87. The number of hydrogen-bond acceptors (Lipinski definition) is 6. The van der Waals surface area contributed by atoms with Crippen LogP contribution in [0.25, 0.3) is 0 Å². The molecule has 6 nitrogen and oxygen atoms in total. The summed E-state index contributed by atoms with van der Waals surface area (Å²) in [4.78, 5) is 12.3. The van der Waals surface area contributed by atoms with Crippen molar-refractivity contribution in [2.75, 3.05) is 0 Å². The first kappa shape index (κ1) is 19.5. The molecule has 0 saturated heterocycles. The topological polar surface area (TPSA) is 118 Å². The average Bonchev–Trinajstić information content (AvgIpc) is 2.83. The van der Waals surface area contributed by atoms with Crippen molar-refractivity contribution in [3.8, 4) is 0 Å². The molecule has 4 rings (SSSR count). The van der Waals surface area contributed by atoms with Crippen molar-refractivity contribution < 1.29 is 30.3 Å². The minimum Gasteiger partial charge on any atom is -0.393 e. The smallest absolute Gasteiger partial charge is 0.162 e. The molecule has 0 radical (unpaired) electrons. The quantitative estimate of drug-likeness (QED) is 0.430. The van der Waals surface area contributed by atoms with Crippen molar-refractivity contribution >= 4 is 5.78 Å². The van der Waals surface area contributed by atoms with Gasteiger partial charge in [-0.3, -0.25) is 4.79 Å². The van der Waals surface area contributed by atoms with Gasteiger partial charge in [-0.15, -0.1) is 0 Å². The Morgan fingerprint density at radius 1 is 1.11 bits per heavy atom. The van der Waals surface area contributed by atoms with Gasteiger partial charge in [0.15, 0.2) is 5.78 Å². The van der Waals surface area contributed by atoms with Crippen molar-refractivity contribution in [3.63, 3.8) is 0 Å². The first-order valence-electron chi connectivity index (χ1n) is 10.1. The van der Waals surface area contributed by atoms with Gasteiger partial charge in [-0.1, -0.05) is 25.5 Å². The Morgan fingerprint density at radius 2 is 1.78 bits per heavy atom. The highest BCUT2D eigenvalue weighted by Gasteiger charge is 2.80. The predicted molar refractivity (Wildman–Crippen MR) is 97.7 cm³/mol. The van der Waals surface area contributed by atoms with Crippen LogP contribution in [0.15, 0.2) is 11.6 Å². The number of hydrogen-bond donors (Lipinski definition) is 5. The lowest BCUT2D eigenvalue weighted by Crippen LogP contribution is -2.78. The fourth-order valence-electron chi connectivity index (χ4n) is 7.23. The molecular formula is C21H32O6. The van der Waals surface area contributed by atoms with Crippen LogP contribution in [0, 0.1) is 16.7 Å². The van der Waals surface area contributed by atoms with E-state index in [1.807, 2.05) is 13.0 Å². The van der Waals surface area contributed by atoms with Crippen LogP contribution in [0.1, 0.15) is 65.7 Å². The molecule has 0 aromatic carbocycles. The van der Waals surface area contributed by atoms with Gasteiger partial charge >= 0.3 is 0 Å². The van der Waals surface area contributed by atoms with E-state index in [-0.39, 0.29) is 25.7 Å². The van der Waals surface area contributed by atoms with Crippen LogP contribution >= 0.6 is 0 Å². The van der Waals surface area contributed by atoms with E-state index in [4.69, 9.17) is 0 Å². The molecule has 3 saturated carbocycles. The van der Waals surface area contributed by atoms with Gasteiger partial charge in [0.2, 0.25) is 0 Å². The zero-order valence-electron chi connectivity index (χ0n) is 16.4. The van der Waals surface area contributed by atoms with E-state index in [9.17, 15) is 30.3 Å². The molecule has 0 bridgehead atoms. The highest BCUT2D eigenvalue weighted by atomic mass is 16.4.